The average molecular weight is 295 g/mol. The van der Waals surface area contributed by atoms with Crippen LogP contribution in [-0.2, 0) is 0 Å². The molecule has 1 N–H and O–H groups in total. The Morgan fingerprint density at radius 2 is 1.68 bits per heavy atom. The minimum atomic E-state index is 0.765. The van der Waals surface area contributed by atoms with Crippen molar-refractivity contribution in [3.8, 4) is 5.75 Å². The molecule has 2 aromatic carbocycles. The van der Waals surface area contributed by atoms with Gasteiger partial charge in [0.1, 0.15) is 5.75 Å². The predicted octanol–water partition coefficient (Wildman–Crippen LogP) is 4.63. The third-order valence-corrected chi connectivity index (χ3v) is 3.43. The van der Waals surface area contributed by atoms with E-state index in [4.69, 9.17) is 4.74 Å². The molecule has 0 spiro atoms. The number of benzene rings is 2. The second-order valence-electron chi connectivity index (χ2n) is 5.19. The number of para-hydroxylation sites is 1. The van der Waals surface area contributed by atoms with Crippen molar-refractivity contribution in [1.29, 1.82) is 0 Å². The first-order chi connectivity index (χ1) is 10.9. The Morgan fingerprint density at radius 3 is 2.50 bits per heavy atom. The van der Waals surface area contributed by atoms with Gasteiger partial charge >= 0.3 is 0 Å². The molecule has 2 aromatic rings. The van der Waals surface area contributed by atoms with E-state index in [1.165, 1.54) is 5.56 Å². The van der Waals surface area contributed by atoms with Crippen molar-refractivity contribution in [2.45, 2.75) is 19.8 Å². The van der Waals surface area contributed by atoms with Gasteiger partial charge in [-0.25, -0.2) is 0 Å². The molecule has 0 saturated heterocycles. The van der Waals surface area contributed by atoms with Crippen LogP contribution in [0.15, 0.2) is 54.6 Å². The fourth-order valence-electron chi connectivity index (χ4n) is 2.21. The average Bonchev–Trinajstić information content (AvgIpc) is 2.58. The lowest BCUT2D eigenvalue weighted by Gasteiger charge is -2.09. The highest BCUT2D eigenvalue weighted by Gasteiger charge is 1.99. The molecule has 0 aromatic heterocycles. The molecule has 0 bridgehead atoms. The number of hydrogen-bond donors (Lipinski definition) is 1. The maximum Gasteiger partial charge on any atom is 0.126 e. The third-order valence-electron chi connectivity index (χ3n) is 3.43. The van der Waals surface area contributed by atoms with Gasteiger partial charge in [-0.15, -0.1) is 0 Å². The highest BCUT2D eigenvalue weighted by molar-refractivity contribution is 5.72. The van der Waals surface area contributed by atoms with Gasteiger partial charge in [-0.1, -0.05) is 67.6 Å². The van der Waals surface area contributed by atoms with Crippen LogP contribution >= 0.6 is 0 Å². The van der Waals surface area contributed by atoms with Crippen molar-refractivity contribution < 1.29 is 4.74 Å². The zero-order valence-corrected chi connectivity index (χ0v) is 13.3. The molecule has 0 fully saturated rings. The van der Waals surface area contributed by atoms with Crippen molar-refractivity contribution in [1.82, 2.24) is 5.32 Å². The summed E-state index contributed by atoms with van der Waals surface area (Å²) < 4.78 is 5.93. The van der Waals surface area contributed by atoms with Crippen LogP contribution in [0.5, 0.6) is 5.75 Å². The molecular formula is C20H25NO. The molecule has 0 aliphatic heterocycles. The summed E-state index contributed by atoms with van der Waals surface area (Å²) in [4.78, 5) is 0. The molecule has 0 aliphatic carbocycles. The fourth-order valence-corrected chi connectivity index (χ4v) is 2.21. The summed E-state index contributed by atoms with van der Waals surface area (Å²) in [6.45, 7) is 5.00. The van der Waals surface area contributed by atoms with E-state index >= 15 is 0 Å². The summed E-state index contributed by atoms with van der Waals surface area (Å²) >= 11 is 0. The first kappa shape index (κ1) is 16.3. The van der Waals surface area contributed by atoms with Gasteiger partial charge in [-0.2, -0.15) is 0 Å². The first-order valence-corrected chi connectivity index (χ1v) is 8.06. The van der Waals surface area contributed by atoms with Gasteiger partial charge in [0.05, 0.1) is 6.61 Å². The highest BCUT2D eigenvalue weighted by Crippen LogP contribution is 2.21. The summed E-state index contributed by atoms with van der Waals surface area (Å²) in [6.07, 6.45) is 6.45. The van der Waals surface area contributed by atoms with Crippen LogP contribution in [0.25, 0.3) is 12.2 Å². The van der Waals surface area contributed by atoms with Gasteiger partial charge in [0.15, 0.2) is 0 Å². The maximum absolute atomic E-state index is 5.93. The quantitative estimate of drug-likeness (QED) is 0.538. The molecule has 116 valence electrons. The molecule has 2 nitrogen and oxygen atoms in total. The monoisotopic (exact) mass is 295 g/mol. The Kier molecular flexibility index (Phi) is 7.27. The van der Waals surface area contributed by atoms with E-state index in [0.717, 1.165) is 43.9 Å². The molecule has 2 rings (SSSR count). The molecule has 0 amide bonds. The van der Waals surface area contributed by atoms with E-state index in [2.05, 4.69) is 42.6 Å². The molecule has 0 heterocycles. The first-order valence-electron chi connectivity index (χ1n) is 8.06. The minimum absolute atomic E-state index is 0.765. The standard InChI is InChI=1S/C20H25NO/c1-2-21-16-8-9-17-22-20-13-7-6-12-19(20)15-14-18-10-4-3-5-11-18/h3-7,10-15,21H,2,8-9,16-17H2,1H3. The lowest BCUT2D eigenvalue weighted by molar-refractivity contribution is 0.305. The third kappa shape index (κ3) is 5.74. The van der Waals surface area contributed by atoms with Crippen LogP contribution in [0.2, 0.25) is 0 Å². The van der Waals surface area contributed by atoms with Crippen LogP contribution in [0, 0.1) is 0 Å². The van der Waals surface area contributed by atoms with E-state index in [9.17, 15) is 0 Å². The van der Waals surface area contributed by atoms with E-state index in [-0.39, 0.29) is 0 Å². The Balaban J connectivity index is 1.88. The Bertz CT molecular complexity index is 563. The molecule has 22 heavy (non-hydrogen) atoms. The summed E-state index contributed by atoms with van der Waals surface area (Å²) in [5.74, 6) is 0.957. The molecule has 0 aliphatic rings. The summed E-state index contributed by atoms with van der Waals surface area (Å²) in [5, 5.41) is 3.33. The molecular weight excluding hydrogens is 270 g/mol. The maximum atomic E-state index is 5.93. The van der Waals surface area contributed by atoms with Gasteiger partial charge in [0.2, 0.25) is 0 Å². The smallest absolute Gasteiger partial charge is 0.126 e. The van der Waals surface area contributed by atoms with Gasteiger partial charge in [-0.05, 0) is 37.6 Å². The summed E-state index contributed by atoms with van der Waals surface area (Å²) in [5.41, 5.74) is 2.32. The van der Waals surface area contributed by atoms with Gasteiger partial charge < -0.3 is 10.1 Å². The normalized spacial score (nSPS) is 11.0. The Morgan fingerprint density at radius 1 is 0.909 bits per heavy atom. The lowest BCUT2D eigenvalue weighted by Crippen LogP contribution is -2.14. The molecule has 0 atom stereocenters. The van der Waals surface area contributed by atoms with E-state index in [0.29, 0.717) is 0 Å². The molecule has 0 saturated carbocycles. The van der Waals surface area contributed by atoms with Crippen molar-refractivity contribution in [2.75, 3.05) is 19.7 Å². The van der Waals surface area contributed by atoms with E-state index in [1.54, 1.807) is 0 Å². The number of ether oxygens (including phenoxy) is 1. The number of rotatable bonds is 9. The van der Waals surface area contributed by atoms with Crippen LogP contribution in [0.3, 0.4) is 0 Å². The van der Waals surface area contributed by atoms with Gasteiger partial charge in [0, 0.05) is 5.56 Å². The predicted molar refractivity (Wildman–Crippen MR) is 95.1 cm³/mol. The van der Waals surface area contributed by atoms with Crippen LogP contribution in [0.4, 0.5) is 0 Å². The summed E-state index contributed by atoms with van der Waals surface area (Å²) in [7, 11) is 0. The fraction of sp³-hybridized carbons (Fsp3) is 0.300. The lowest BCUT2D eigenvalue weighted by atomic mass is 10.1. The van der Waals surface area contributed by atoms with E-state index in [1.807, 2.05) is 36.4 Å². The SMILES string of the molecule is CCNCCCCOc1ccccc1C=Cc1ccccc1. The largest absolute Gasteiger partial charge is 0.493 e. The second-order valence-corrected chi connectivity index (χ2v) is 5.19. The Labute approximate surface area is 133 Å². The molecule has 2 heteroatoms. The topological polar surface area (TPSA) is 21.3 Å². The second kappa shape index (κ2) is 9.80. The Hall–Kier alpha value is -2.06. The molecule has 0 radical (unpaired) electrons. The molecule has 0 unspecified atom stereocenters. The summed E-state index contributed by atoms with van der Waals surface area (Å²) in [6, 6.07) is 18.5. The number of unbranched alkanes of at least 4 members (excludes halogenated alkanes) is 1. The zero-order chi connectivity index (χ0) is 15.5. The van der Waals surface area contributed by atoms with Gasteiger partial charge in [-0.3, -0.25) is 0 Å². The van der Waals surface area contributed by atoms with Crippen LogP contribution < -0.4 is 10.1 Å². The minimum Gasteiger partial charge on any atom is -0.493 e. The van der Waals surface area contributed by atoms with Crippen LogP contribution in [-0.4, -0.2) is 19.7 Å². The zero-order valence-electron chi connectivity index (χ0n) is 13.3. The number of nitrogens with one attached hydrogen (secondary N) is 1. The van der Waals surface area contributed by atoms with Crippen molar-refractivity contribution >= 4 is 12.2 Å². The van der Waals surface area contributed by atoms with Crippen LogP contribution in [0.1, 0.15) is 30.9 Å². The van der Waals surface area contributed by atoms with Crippen molar-refractivity contribution in [3.63, 3.8) is 0 Å². The number of hydrogen-bond acceptors (Lipinski definition) is 2. The van der Waals surface area contributed by atoms with Crippen molar-refractivity contribution in [3.05, 3.63) is 65.7 Å². The van der Waals surface area contributed by atoms with E-state index < -0.39 is 0 Å². The van der Waals surface area contributed by atoms with Crippen molar-refractivity contribution in [2.24, 2.45) is 0 Å². The highest BCUT2D eigenvalue weighted by atomic mass is 16.5. The van der Waals surface area contributed by atoms with Gasteiger partial charge in [0.25, 0.3) is 0 Å².